The van der Waals surface area contributed by atoms with Crippen LogP contribution in [0.15, 0.2) is 42.5 Å². The van der Waals surface area contributed by atoms with E-state index in [0.717, 1.165) is 5.56 Å². The fraction of sp³-hybridized carbons (Fsp3) is 0.391. The van der Waals surface area contributed by atoms with E-state index < -0.39 is 0 Å². The van der Waals surface area contributed by atoms with Gasteiger partial charge in [0.05, 0.1) is 12.3 Å². The molecule has 0 saturated heterocycles. The van der Waals surface area contributed by atoms with Crippen LogP contribution in [-0.4, -0.2) is 21.4 Å². The molecule has 3 heteroatoms. The van der Waals surface area contributed by atoms with Crippen LogP contribution in [0.5, 0.6) is 5.75 Å². The molecule has 26 heavy (non-hydrogen) atoms. The molecule has 1 aromatic heterocycles. The lowest BCUT2D eigenvalue weighted by Gasteiger charge is -2.23. The third kappa shape index (κ3) is 3.01. The molecule has 3 aromatic rings. The minimum atomic E-state index is 0.118. The number of aryl methyl sites for hydroxylation is 1. The van der Waals surface area contributed by atoms with Gasteiger partial charge in [0.1, 0.15) is 5.75 Å². The molecule has 2 N–H and O–H groups in total. The van der Waals surface area contributed by atoms with Crippen molar-refractivity contribution in [2.75, 3.05) is 6.61 Å². The second-order valence-electron chi connectivity index (χ2n) is 7.54. The van der Waals surface area contributed by atoms with Crippen molar-refractivity contribution in [1.29, 1.82) is 0 Å². The summed E-state index contributed by atoms with van der Waals surface area (Å²) in [6.07, 6.45) is 6.38. The van der Waals surface area contributed by atoms with E-state index >= 15 is 0 Å². The number of nitrogens with zero attached hydrogens (tertiary/aromatic N) is 1. The lowest BCUT2D eigenvalue weighted by atomic mass is 9.82. The van der Waals surface area contributed by atoms with Crippen LogP contribution in [0.3, 0.4) is 0 Å². The maximum atomic E-state index is 9.72. The third-order valence-electron chi connectivity index (χ3n) is 5.74. The van der Waals surface area contributed by atoms with Gasteiger partial charge in [-0.15, -0.1) is 0 Å². The zero-order valence-corrected chi connectivity index (χ0v) is 15.4. The van der Waals surface area contributed by atoms with Crippen molar-refractivity contribution in [3.05, 3.63) is 53.6 Å². The summed E-state index contributed by atoms with van der Waals surface area (Å²) in [5.74, 6) is 0.853. The molecule has 0 atom stereocenters. The largest absolute Gasteiger partial charge is 0.508 e. The van der Waals surface area contributed by atoms with E-state index in [2.05, 4.69) is 29.7 Å². The molecule has 3 nitrogen and oxygen atoms in total. The fourth-order valence-corrected chi connectivity index (χ4v) is 4.55. The van der Waals surface area contributed by atoms with Crippen molar-refractivity contribution in [2.24, 2.45) is 0 Å². The number of benzene rings is 2. The van der Waals surface area contributed by atoms with Gasteiger partial charge in [-0.05, 0) is 72.7 Å². The molecule has 1 aliphatic rings. The molecule has 1 aliphatic carbocycles. The molecule has 1 saturated carbocycles. The molecular weight excluding hydrogens is 322 g/mol. The zero-order chi connectivity index (χ0) is 18.1. The van der Waals surface area contributed by atoms with E-state index in [4.69, 9.17) is 0 Å². The average molecular weight is 349 g/mol. The Hall–Kier alpha value is -2.26. The normalized spacial score (nSPS) is 15.6. The number of phenolic OH excluding ortho intramolecular Hbond substituents is 1. The number of hydrogen-bond acceptors (Lipinski definition) is 2. The predicted molar refractivity (Wildman–Crippen MR) is 107 cm³/mol. The number of aliphatic hydroxyl groups excluding tert-OH is 1. The van der Waals surface area contributed by atoms with Gasteiger partial charge in [-0.1, -0.05) is 31.4 Å². The first-order chi connectivity index (χ1) is 12.7. The summed E-state index contributed by atoms with van der Waals surface area (Å²) in [4.78, 5) is 0. The maximum Gasteiger partial charge on any atom is 0.115 e. The zero-order valence-electron chi connectivity index (χ0n) is 15.4. The minimum absolute atomic E-state index is 0.118. The number of hydrogen-bond donors (Lipinski definition) is 2. The number of fused-ring (bicyclic) bond motifs is 1. The Morgan fingerprint density at radius 3 is 2.42 bits per heavy atom. The minimum Gasteiger partial charge on any atom is -0.508 e. The summed E-state index contributed by atoms with van der Waals surface area (Å²) < 4.78 is 2.28. The number of rotatable bonds is 4. The van der Waals surface area contributed by atoms with E-state index in [1.54, 1.807) is 12.1 Å². The summed E-state index contributed by atoms with van der Waals surface area (Å²) in [5.41, 5.74) is 6.21. The standard InChI is InChI=1S/C23H27NO2/c1-16-7-12-20-21(15-16)24(13-14-25)23(18-8-10-19(26)11-9-18)22(20)17-5-3-2-4-6-17/h7-12,15,17,25-26H,2-6,13-14H2,1H3. The van der Waals surface area contributed by atoms with E-state index in [-0.39, 0.29) is 12.4 Å². The fourth-order valence-electron chi connectivity index (χ4n) is 4.55. The van der Waals surface area contributed by atoms with Gasteiger partial charge >= 0.3 is 0 Å². The highest BCUT2D eigenvalue weighted by atomic mass is 16.3. The van der Waals surface area contributed by atoms with Gasteiger partial charge in [-0.25, -0.2) is 0 Å². The topological polar surface area (TPSA) is 45.4 Å². The number of aromatic hydroxyl groups is 1. The van der Waals surface area contributed by atoms with Gasteiger partial charge in [0.2, 0.25) is 0 Å². The molecule has 1 fully saturated rings. The Balaban J connectivity index is 2.01. The van der Waals surface area contributed by atoms with E-state index in [1.165, 1.54) is 59.8 Å². The van der Waals surface area contributed by atoms with Crippen LogP contribution in [0.2, 0.25) is 0 Å². The summed E-state index contributed by atoms with van der Waals surface area (Å²) in [7, 11) is 0. The summed E-state index contributed by atoms with van der Waals surface area (Å²) in [5, 5.41) is 20.8. The lowest BCUT2D eigenvalue weighted by Crippen LogP contribution is -2.08. The Morgan fingerprint density at radius 2 is 1.73 bits per heavy atom. The van der Waals surface area contributed by atoms with Gasteiger partial charge in [0.25, 0.3) is 0 Å². The van der Waals surface area contributed by atoms with Gasteiger partial charge in [-0.3, -0.25) is 0 Å². The highest BCUT2D eigenvalue weighted by Crippen LogP contribution is 2.44. The van der Waals surface area contributed by atoms with Crippen LogP contribution < -0.4 is 0 Å². The summed E-state index contributed by atoms with van der Waals surface area (Å²) in [6, 6.07) is 14.2. The molecule has 0 amide bonds. The monoisotopic (exact) mass is 349 g/mol. The van der Waals surface area contributed by atoms with Crippen LogP contribution in [-0.2, 0) is 6.54 Å². The molecular formula is C23H27NO2. The highest BCUT2D eigenvalue weighted by Gasteiger charge is 2.26. The van der Waals surface area contributed by atoms with Gasteiger partial charge in [0.15, 0.2) is 0 Å². The van der Waals surface area contributed by atoms with Crippen LogP contribution in [0, 0.1) is 6.92 Å². The molecule has 4 rings (SSSR count). The second-order valence-corrected chi connectivity index (χ2v) is 7.54. The van der Waals surface area contributed by atoms with E-state index in [9.17, 15) is 10.2 Å². The third-order valence-corrected chi connectivity index (χ3v) is 5.74. The Labute approximate surface area is 154 Å². The smallest absolute Gasteiger partial charge is 0.115 e. The van der Waals surface area contributed by atoms with Crippen LogP contribution in [0.4, 0.5) is 0 Å². The molecule has 136 valence electrons. The van der Waals surface area contributed by atoms with Gasteiger partial charge in [-0.2, -0.15) is 0 Å². The summed E-state index contributed by atoms with van der Waals surface area (Å²) in [6.45, 7) is 2.83. The van der Waals surface area contributed by atoms with Gasteiger partial charge < -0.3 is 14.8 Å². The predicted octanol–water partition coefficient (Wildman–Crippen LogP) is 5.36. The SMILES string of the molecule is Cc1ccc2c(C3CCCCC3)c(-c3ccc(O)cc3)n(CCO)c2c1. The Morgan fingerprint density at radius 1 is 1.00 bits per heavy atom. The van der Waals surface area contributed by atoms with E-state index in [1.807, 2.05) is 12.1 Å². The molecule has 0 radical (unpaired) electrons. The van der Waals surface area contributed by atoms with Crippen LogP contribution >= 0.6 is 0 Å². The highest BCUT2D eigenvalue weighted by molar-refractivity contribution is 5.93. The first-order valence-corrected chi connectivity index (χ1v) is 9.72. The second kappa shape index (κ2) is 7.16. The van der Waals surface area contributed by atoms with Gasteiger partial charge in [0, 0.05) is 17.4 Å². The molecule has 0 unspecified atom stereocenters. The first-order valence-electron chi connectivity index (χ1n) is 9.72. The number of aromatic nitrogens is 1. The van der Waals surface area contributed by atoms with Crippen molar-refractivity contribution in [1.82, 2.24) is 4.57 Å². The molecule has 0 aliphatic heterocycles. The van der Waals surface area contributed by atoms with Crippen molar-refractivity contribution < 1.29 is 10.2 Å². The van der Waals surface area contributed by atoms with Crippen LogP contribution in [0.1, 0.15) is 49.1 Å². The lowest BCUT2D eigenvalue weighted by molar-refractivity contribution is 0.278. The Kier molecular flexibility index (Phi) is 4.73. The number of aliphatic hydroxyl groups is 1. The molecule has 0 spiro atoms. The maximum absolute atomic E-state index is 9.72. The molecule has 2 aromatic carbocycles. The Bertz CT molecular complexity index is 902. The van der Waals surface area contributed by atoms with Crippen molar-refractivity contribution in [3.8, 4) is 17.0 Å². The molecule has 1 heterocycles. The average Bonchev–Trinajstić information content (AvgIpc) is 2.97. The van der Waals surface area contributed by atoms with Crippen LogP contribution in [0.25, 0.3) is 22.2 Å². The van der Waals surface area contributed by atoms with Crippen molar-refractivity contribution >= 4 is 10.9 Å². The summed E-state index contributed by atoms with van der Waals surface area (Å²) >= 11 is 0. The number of phenols is 1. The van der Waals surface area contributed by atoms with Crippen molar-refractivity contribution in [2.45, 2.75) is 51.5 Å². The first kappa shape index (κ1) is 17.2. The molecule has 0 bridgehead atoms. The van der Waals surface area contributed by atoms with E-state index in [0.29, 0.717) is 12.5 Å². The van der Waals surface area contributed by atoms with Crippen molar-refractivity contribution in [3.63, 3.8) is 0 Å². The quantitative estimate of drug-likeness (QED) is 0.666.